The lowest BCUT2D eigenvalue weighted by Crippen LogP contribution is -2.41. The first-order valence-electron chi connectivity index (χ1n) is 6.57. The lowest BCUT2D eigenvalue weighted by molar-refractivity contribution is -0.158. The average molecular weight is 328 g/mol. The van der Waals surface area contributed by atoms with Crippen molar-refractivity contribution in [1.82, 2.24) is 19.9 Å². The molecule has 0 aliphatic carbocycles. The summed E-state index contributed by atoms with van der Waals surface area (Å²) in [7, 11) is 1.35. The number of methoxy groups -OCH3 is 1. The van der Waals surface area contributed by atoms with Crippen molar-refractivity contribution in [1.29, 1.82) is 0 Å². The summed E-state index contributed by atoms with van der Waals surface area (Å²) in [6, 6.07) is 0. The van der Waals surface area contributed by atoms with Crippen LogP contribution in [0.2, 0.25) is 0 Å². The molecule has 10 nitrogen and oxygen atoms in total. The molecule has 3 rings (SSSR count). The van der Waals surface area contributed by atoms with Crippen LogP contribution in [0.3, 0.4) is 0 Å². The van der Waals surface area contributed by atoms with Gasteiger partial charge in [0.15, 0.2) is 29.9 Å². The zero-order valence-electron chi connectivity index (χ0n) is 11.8. The number of rotatable bonds is 4. The lowest BCUT2D eigenvalue weighted by atomic mass is 10.0. The number of aliphatic hydroxyl groups excluding tert-OH is 2. The predicted molar refractivity (Wildman–Crippen MR) is 70.4 cm³/mol. The van der Waals surface area contributed by atoms with E-state index in [0.717, 1.165) is 0 Å². The molecule has 2 aromatic heterocycles. The van der Waals surface area contributed by atoms with E-state index in [1.165, 1.54) is 13.4 Å². The van der Waals surface area contributed by atoms with E-state index in [1.807, 2.05) is 0 Å². The first kappa shape index (κ1) is 15.5. The Balaban J connectivity index is 1.97. The van der Waals surface area contributed by atoms with Crippen molar-refractivity contribution in [3.8, 4) is 5.88 Å². The van der Waals surface area contributed by atoms with Gasteiger partial charge in [-0.1, -0.05) is 0 Å². The van der Waals surface area contributed by atoms with Crippen LogP contribution in [0.25, 0.3) is 11.2 Å². The van der Waals surface area contributed by atoms with Crippen molar-refractivity contribution >= 4 is 17.1 Å². The molecule has 4 N–H and O–H groups in total. The van der Waals surface area contributed by atoms with Crippen molar-refractivity contribution in [2.75, 3.05) is 7.11 Å². The second-order valence-electron chi connectivity index (χ2n) is 4.93. The number of alkyl halides is 1. The Morgan fingerprint density at radius 3 is 2.91 bits per heavy atom. The average Bonchev–Trinajstić information content (AvgIpc) is 3.11. The van der Waals surface area contributed by atoms with Crippen LogP contribution in [0.5, 0.6) is 5.88 Å². The highest BCUT2D eigenvalue weighted by atomic mass is 19.1. The summed E-state index contributed by atoms with van der Waals surface area (Å²) in [5.74, 6) is -1.72. The Kier molecular flexibility index (Phi) is 3.83. The van der Waals surface area contributed by atoms with E-state index >= 15 is 0 Å². The van der Waals surface area contributed by atoms with Crippen LogP contribution in [-0.2, 0) is 9.53 Å². The van der Waals surface area contributed by atoms with Crippen molar-refractivity contribution < 1.29 is 34.0 Å². The zero-order valence-corrected chi connectivity index (χ0v) is 11.8. The van der Waals surface area contributed by atoms with Gasteiger partial charge in [0.05, 0.1) is 13.4 Å². The topological polar surface area (TPSA) is 151 Å². The highest BCUT2D eigenvalue weighted by Gasteiger charge is 2.51. The minimum Gasteiger partial charge on any atom is -0.479 e. The number of imidazole rings is 1. The molecule has 2 aromatic rings. The molecule has 11 heteroatoms. The number of aromatic amines is 1. The maximum atomic E-state index is 14.3. The molecular formula is C12H13FN4O6. The third-order valence-corrected chi connectivity index (χ3v) is 3.54. The number of fused-ring (bicyclic) bond motifs is 1. The van der Waals surface area contributed by atoms with Crippen LogP contribution >= 0.6 is 0 Å². The lowest BCUT2D eigenvalue weighted by Gasteiger charge is -2.16. The number of nitrogens with zero attached hydrogens (tertiary/aromatic N) is 3. The van der Waals surface area contributed by atoms with Gasteiger partial charge in [-0.15, -0.1) is 0 Å². The van der Waals surface area contributed by atoms with Gasteiger partial charge in [0, 0.05) is 0 Å². The van der Waals surface area contributed by atoms with E-state index in [1.54, 1.807) is 0 Å². The third-order valence-electron chi connectivity index (χ3n) is 3.54. The number of aliphatic hydroxyl groups is 2. The number of hydrogen-bond acceptors (Lipinski definition) is 8. The molecule has 1 aliphatic heterocycles. The quantitative estimate of drug-likeness (QED) is 0.551. The van der Waals surface area contributed by atoms with E-state index in [4.69, 9.17) is 14.6 Å². The molecule has 5 atom stereocenters. The highest BCUT2D eigenvalue weighted by molar-refractivity contribution is 5.75. The van der Waals surface area contributed by atoms with Gasteiger partial charge in [-0.25, -0.2) is 19.2 Å². The van der Waals surface area contributed by atoms with Gasteiger partial charge >= 0.3 is 5.97 Å². The number of hydrogen-bond donors (Lipinski definition) is 4. The summed E-state index contributed by atoms with van der Waals surface area (Å²) >= 11 is 0. The number of H-pyrrole nitrogens is 1. The van der Waals surface area contributed by atoms with Crippen LogP contribution in [0, 0.1) is 0 Å². The Bertz CT molecular complexity index is 739. The number of ether oxygens (including phenoxy) is 2. The van der Waals surface area contributed by atoms with Crippen molar-refractivity contribution in [3.63, 3.8) is 0 Å². The SMILES string of the molecule is COc1nc([C@@H]2O[C@H](C(O)C(=O)O)[C@@H](O)[C@@H]2F)nc2nc[nH]c12. The van der Waals surface area contributed by atoms with Gasteiger partial charge in [0.25, 0.3) is 0 Å². The summed E-state index contributed by atoms with van der Waals surface area (Å²) in [6.07, 6.45) is -7.69. The Morgan fingerprint density at radius 1 is 1.52 bits per heavy atom. The molecule has 0 aromatic carbocycles. The Labute approximate surface area is 127 Å². The van der Waals surface area contributed by atoms with E-state index in [-0.39, 0.29) is 17.4 Å². The molecule has 1 fully saturated rings. The summed E-state index contributed by atoms with van der Waals surface area (Å²) in [5, 5.41) is 28.0. The van der Waals surface area contributed by atoms with E-state index in [9.17, 15) is 19.4 Å². The fourth-order valence-corrected chi connectivity index (χ4v) is 2.39. The minimum absolute atomic E-state index is 0.0926. The van der Waals surface area contributed by atoms with E-state index in [2.05, 4.69) is 19.9 Å². The van der Waals surface area contributed by atoms with Gasteiger partial charge in [0.1, 0.15) is 17.7 Å². The molecule has 0 bridgehead atoms. The number of nitrogens with one attached hydrogen (secondary N) is 1. The van der Waals surface area contributed by atoms with Gasteiger partial charge in [-0.3, -0.25) is 0 Å². The highest BCUT2D eigenvalue weighted by Crippen LogP contribution is 2.36. The predicted octanol–water partition coefficient (Wildman–Crippen LogP) is -1.05. The standard InChI is InChI=1S/C12H13FN4O6/c1-22-11-4-9(15-2-14-4)16-10(17-11)7-3(13)5(18)8(23-7)6(19)12(20)21/h2-3,5-8,18-19H,1H3,(H,20,21)(H,14,15,16,17)/t3-,5-,6?,7+,8-/m0/s1. The summed E-state index contributed by atoms with van der Waals surface area (Å²) in [4.78, 5) is 25.5. The van der Waals surface area contributed by atoms with Crippen LogP contribution in [0.4, 0.5) is 4.39 Å². The van der Waals surface area contributed by atoms with Gasteiger partial charge < -0.3 is 29.8 Å². The molecule has 1 saturated heterocycles. The van der Waals surface area contributed by atoms with E-state index in [0.29, 0.717) is 5.52 Å². The van der Waals surface area contributed by atoms with Crippen molar-refractivity contribution in [3.05, 3.63) is 12.2 Å². The maximum absolute atomic E-state index is 14.3. The zero-order chi connectivity index (χ0) is 16.7. The molecule has 0 amide bonds. The number of aromatic nitrogens is 4. The molecule has 124 valence electrons. The Morgan fingerprint density at radius 2 is 2.26 bits per heavy atom. The molecule has 23 heavy (non-hydrogen) atoms. The summed E-state index contributed by atoms with van der Waals surface area (Å²) in [6.45, 7) is 0. The monoisotopic (exact) mass is 328 g/mol. The van der Waals surface area contributed by atoms with Crippen molar-refractivity contribution in [2.45, 2.75) is 30.6 Å². The second-order valence-corrected chi connectivity index (χ2v) is 4.93. The number of carboxylic acids is 1. The van der Waals surface area contributed by atoms with Crippen LogP contribution in [0.1, 0.15) is 11.9 Å². The van der Waals surface area contributed by atoms with Crippen molar-refractivity contribution in [2.24, 2.45) is 0 Å². The van der Waals surface area contributed by atoms with Gasteiger partial charge in [0.2, 0.25) is 5.88 Å². The van der Waals surface area contributed by atoms with E-state index < -0.39 is 36.6 Å². The van der Waals surface area contributed by atoms with Gasteiger partial charge in [-0.2, -0.15) is 4.98 Å². The molecule has 0 spiro atoms. The first-order valence-corrected chi connectivity index (χ1v) is 6.57. The number of aliphatic carboxylic acids is 1. The van der Waals surface area contributed by atoms with Gasteiger partial charge in [-0.05, 0) is 0 Å². The number of halogens is 1. The van der Waals surface area contributed by atoms with Crippen LogP contribution in [-0.4, -0.2) is 72.8 Å². The second kappa shape index (κ2) is 5.68. The molecule has 3 heterocycles. The van der Waals surface area contributed by atoms with Crippen LogP contribution < -0.4 is 4.74 Å². The molecule has 0 radical (unpaired) electrons. The smallest absolute Gasteiger partial charge is 0.335 e. The number of carboxylic acid groups (broad SMARTS) is 1. The Hall–Kier alpha value is -2.37. The molecular weight excluding hydrogens is 315 g/mol. The molecule has 1 aliphatic rings. The first-order chi connectivity index (χ1) is 10.9. The fourth-order valence-electron chi connectivity index (χ4n) is 2.39. The normalized spacial score (nSPS) is 28.9. The number of carbonyl (C=O) groups is 1. The maximum Gasteiger partial charge on any atom is 0.335 e. The summed E-state index contributed by atoms with van der Waals surface area (Å²) < 4.78 is 24.5. The fraction of sp³-hybridized carbons (Fsp3) is 0.500. The summed E-state index contributed by atoms with van der Waals surface area (Å²) in [5.41, 5.74) is 0.590. The van der Waals surface area contributed by atoms with Crippen LogP contribution in [0.15, 0.2) is 6.33 Å². The molecule has 0 saturated carbocycles. The third kappa shape index (κ3) is 2.48. The molecule has 1 unspecified atom stereocenters. The largest absolute Gasteiger partial charge is 0.479 e. The minimum atomic E-state index is -2.08.